The summed E-state index contributed by atoms with van der Waals surface area (Å²) in [4.78, 5) is 11.6. The van der Waals surface area contributed by atoms with Gasteiger partial charge in [0.25, 0.3) is 0 Å². The summed E-state index contributed by atoms with van der Waals surface area (Å²) >= 11 is 0. The van der Waals surface area contributed by atoms with E-state index in [4.69, 9.17) is 9.47 Å². The van der Waals surface area contributed by atoms with Crippen LogP contribution >= 0.6 is 0 Å². The van der Waals surface area contributed by atoms with E-state index in [-0.39, 0.29) is 11.7 Å². The van der Waals surface area contributed by atoms with Crippen LogP contribution in [0.3, 0.4) is 0 Å². The number of rotatable bonds is 5. The van der Waals surface area contributed by atoms with Crippen molar-refractivity contribution in [3.05, 3.63) is 23.8 Å². The van der Waals surface area contributed by atoms with Gasteiger partial charge in [-0.25, -0.2) is 0 Å². The molecule has 3 heteroatoms. The summed E-state index contributed by atoms with van der Waals surface area (Å²) in [5.41, 5.74) is 0.912. The Labute approximate surface area is 96.4 Å². The molecule has 1 aromatic rings. The second-order valence-corrected chi connectivity index (χ2v) is 3.65. The van der Waals surface area contributed by atoms with E-state index in [1.807, 2.05) is 26.0 Å². The molecule has 1 atom stereocenters. The average molecular weight is 222 g/mol. The molecule has 1 rings (SSSR count). The van der Waals surface area contributed by atoms with E-state index >= 15 is 0 Å². The molecule has 0 saturated carbocycles. The molecule has 0 spiro atoms. The van der Waals surface area contributed by atoms with Crippen LogP contribution in [-0.2, 0) is 4.79 Å². The Kier molecular flexibility index (Phi) is 4.35. The minimum Gasteiger partial charge on any atom is -0.497 e. The maximum atomic E-state index is 11.6. The van der Waals surface area contributed by atoms with Gasteiger partial charge in [0, 0.05) is 24.0 Å². The Balaban J connectivity index is 3.08. The molecule has 1 unspecified atom stereocenters. The van der Waals surface area contributed by atoms with Crippen molar-refractivity contribution in [2.45, 2.75) is 26.2 Å². The van der Waals surface area contributed by atoms with E-state index in [2.05, 4.69) is 0 Å². The Bertz CT molecular complexity index is 371. The summed E-state index contributed by atoms with van der Waals surface area (Å²) in [6, 6.07) is 5.53. The molecular formula is C13H18O3. The van der Waals surface area contributed by atoms with Gasteiger partial charge in [-0.05, 0) is 6.07 Å². The van der Waals surface area contributed by atoms with Crippen molar-refractivity contribution >= 4 is 5.78 Å². The summed E-state index contributed by atoms with van der Waals surface area (Å²) in [6.07, 6.45) is 0.538. The van der Waals surface area contributed by atoms with Gasteiger partial charge in [-0.15, -0.1) is 0 Å². The van der Waals surface area contributed by atoms with Crippen molar-refractivity contribution in [2.24, 2.45) is 0 Å². The SMILES string of the molecule is CCC(=O)C(C)c1ccc(OC)cc1OC. The molecule has 0 aliphatic carbocycles. The highest BCUT2D eigenvalue weighted by atomic mass is 16.5. The highest BCUT2D eigenvalue weighted by molar-refractivity contribution is 5.85. The van der Waals surface area contributed by atoms with Crippen LogP contribution in [0.5, 0.6) is 11.5 Å². The summed E-state index contributed by atoms with van der Waals surface area (Å²) in [5.74, 6) is 1.51. The van der Waals surface area contributed by atoms with Crippen molar-refractivity contribution in [1.82, 2.24) is 0 Å². The topological polar surface area (TPSA) is 35.5 Å². The van der Waals surface area contributed by atoms with Crippen LogP contribution in [-0.4, -0.2) is 20.0 Å². The first-order chi connectivity index (χ1) is 7.63. The predicted molar refractivity (Wildman–Crippen MR) is 63.3 cm³/mol. The number of ether oxygens (including phenoxy) is 2. The molecule has 0 aliphatic heterocycles. The van der Waals surface area contributed by atoms with Crippen LogP contribution in [0.25, 0.3) is 0 Å². The van der Waals surface area contributed by atoms with Gasteiger partial charge in [0.1, 0.15) is 17.3 Å². The third-order valence-electron chi connectivity index (χ3n) is 2.74. The fourth-order valence-electron chi connectivity index (χ4n) is 1.66. The van der Waals surface area contributed by atoms with E-state index in [9.17, 15) is 4.79 Å². The fourth-order valence-corrected chi connectivity index (χ4v) is 1.66. The van der Waals surface area contributed by atoms with Crippen molar-refractivity contribution in [2.75, 3.05) is 14.2 Å². The number of carbonyl (C=O) groups is 1. The number of carbonyl (C=O) groups excluding carboxylic acids is 1. The van der Waals surface area contributed by atoms with Crippen LogP contribution in [0.2, 0.25) is 0 Å². The molecule has 0 amide bonds. The number of hydrogen-bond donors (Lipinski definition) is 0. The minimum absolute atomic E-state index is 0.133. The average Bonchev–Trinajstić information content (AvgIpc) is 2.35. The summed E-state index contributed by atoms with van der Waals surface area (Å²) < 4.78 is 10.4. The zero-order valence-electron chi connectivity index (χ0n) is 10.2. The zero-order chi connectivity index (χ0) is 12.1. The van der Waals surface area contributed by atoms with Gasteiger partial charge in [-0.1, -0.05) is 19.9 Å². The molecule has 0 bridgehead atoms. The third-order valence-corrected chi connectivity index (χ3v) is 2.74. The monoisotopic (exact) mass is 222 g/mol. The van der Waals surface area contributed by atoms with Crippen LogP contribution in [0.4, 0.5) is 0 Å². The van der Waals surface area contributed by atoms with Gasteiger partial charge in [-0.3, -0.25) is 4.79 Å². The van der Waals surface area contributed by atoms with Crippen LogP contribution in [0.15, 0.2) is 18.2 Å². The van der Waals surface area contributed by atoms with Crippen molar-refractivity contribution < 1.29 is 14.3 Å². The van der Waals surface area contributed by atoms with Crippen LogP contribution in [0, 0.1) is 0 Å². The van der Waals surface area contributed by atoms with E-state index in [1.54, 1.807) is 20.3 Å². The number of hydrogen-bond acceptors (Lipinski definition) is 3. The maximum Gasteiger partial charge on any atom is 0.139 e. The van der Waals surface area contributed by atoms with Gasteiger partial charge >= 0.3 is 0 Å². The highest BCUT2D eigenvalue weighted by Gasteiger charge is 2.17. The van der Waals surface area contributed by atoms with Crippen molar-refractivity contribution in [3.63, 3.8) is 0 Å². The Morgan fingerprint density at radius 3 is 2.50 bits per heavy atom. The molecule has 0 aliphatic rings. The minimum atomic E-state index is -0.133. The van der Waals surface area contributed by atoms with E-state index in [1.165, 1.54) is 0 Å². The van der Waals surface area contributed by atoms with Gasteiger partial charge in [0.05, 0.1) is 14.2 Å². The van der Waals surface area contributed by atoms with Crippen molar-refractivity contribution in [3.8, 4) is 11.5 Å². The lowest BCUT2D eigenvalue weighted by Gasteiger charge is -2.15. The highest BCUT2D eigenvalue weighted by Crippen LogP contribution is 2.31. The number of Topliss-reactive ketones (excluding diaryl/α,β-unsaturated/α-hetero) is 1. The summed E-state index contributed by atoms with van der Waals surface area (Å²) in [5, 5.41) is 0. The number of benzene rings is 1. The fraction of sp³-hybridized carbons (Fsp3) is 0.462. The lowest BCUT2D eigenvalue weighted by atomic mass is 9.94. The van der Waals surface area contributed by atoms with Crippen LogP contribution in [0.1, 0.15) is 31.7 Å². The molecule has 0 N–H and O–H groups in total. The maximum absolute atomic E-state index is 11.6. The molecule has 0 saturated heterocycles. The quantitative estimate of drug-likeness (QED) is 0.768. The molecule has 3 nitrogen and oxygen atoms in total. The Hall–Kier alpha value is -1.51. The first-order valence-electron chi connectivity index (χ1n) is 5.38. The second-order valence-electron chi connectivity index (χ2n) is 3.65. The second kappa shape index (κ2) is 5.54. The zero-order valence-corrected chi connectivity index (χ0v) is 10.2. The molecule has 0 fully saturated rings. The van der Waals surface area contributed by atoms with Gasteiger partial charge in [0.15, 0.2) is 0 Å². The van der Waals surface area contributed by atoms with Crippen LogP contribution < -0.4 is 9.47 Å². The molecule has 1 aromatic carbocycles. The lowest BCUT2D eigenvalue weighted by Crippen LogP contribution is -2.09. The third kappa shape index (κ3) is 2.54. The number of methoxy groups -OCH3 is 2. The lowest BCUT2D eigenvalue weighted by molar-refractivity contribution is -0.119. The standard InChI is InChI=1S/C13H18O3/c1-5-12(14)9(2)11-7-6-10(15-3)8-13(11)16-4/h6-9H,5H2,1-4H3. The van der Waals surface area contributed by atoms with Gasteiger partial charge < -0.3 is 9.47 Å². The van der Waals surface area contributed by atoms with E-state index in [0.717, 1.165) is 11.3 Å². The molecule has 0 aromatic heterocycles. The van der Waals surface area contributed by atoms with Crippen molar-refractivity contribution in [1.29, 1.82) is 0 Å². The Morgan fingerprint density at radius 1 is 1.31 bits per heavy atom. The van der Waals surface area contributed by atoms with E-state index < -0.39 is 0 Å². The van der Waals surface area contributed by atoms with Gasteiger partial charge in [-0.2, -0.15) is 0 Å². The smallest absolute Gasteiger partial charge is 0.139 e. The first kappa shape index (κ1) is 12.6. The predicted octanol–water partition coefficient (Wildman–Crippen LogP) is 2.79. The van der Waals surface area contributed by atoms with E-state index in [0.29, 0.717) is 12.2 Å². The largest absolute Gasteiger partial charge is 0.497 e. The first-order valence-corrected chi connectivity index (χ1v) is 5.38. The van der Waals surface area contributed by atoms with Gasteiger partial charge in [0.2, 0.25) is 0 Å². The molecular weight excluding hydrogens is 204 g/mol. The summed E-state index contributed by atoms with van der Waals surface area (Å²) in [7, 11) is 3.20. The normalized spacial score (nSPS) is 12.0. The molecule has 16 heavy (non-hydrogen) atoms. The molecule has 0 heterocycles. The Morgan fingerprint density at radius 2 is 2.00 bits per heavy atom. The molecule has 0 radical (unpaired) electrons. The molecule has 88 valence electrons. The number of ketones is 1. The summed E-state index contributed by atoms with van der Waals surface area (Å²) in [6.45, 7) is 3.77.